The highest BCUT2D eigenvalue weighted by Crippen LogP contribution is 1.84. The first-order valence-electron chi connectivity index (χ1n) is 5.11. The van der Waals surface area contributed by atoms with Crippen LogP contribution < -0.4 is 5.32 Å². The maximum Gasteiger partial charge on any atom is 0.236 e. The Balaban J connectivity index is 0. The van der Waals surface area contributed by atoms with Gasteiger partial charge in [-0.2, -0.15) is 0 Å². The van der Waals surface area contributed by atoms with Gasteiger partial charge in [-0.1, -0.05) is 13.8 Å². The van der Waals surface area contributed by atoms with Crippen LogP contribution in [0.3, 0.4) is 0 Å². The van der Waals surface area contributed by atoms with Gasteiger partial charge < -0.3 is 15.1 Å². The average molecular weight is 203 g/mol. The fourth-order valence-corrected chi connectivity index (χ4v) is 0.761. The first-order chi connectivity index (χ1) is 6.57. The molecular weight excluding hydrogens is 178 g/mol. The number of rotatable bonds is 5. The van der Waals surface area contributed by atoms with Gasteiger partial charge in [0.05, 0.1) is 6.54 Å². The van der Waals surface area contributed by atoms with Gasteiger partial charge in [0.15, 0.2) is 0 Å². The molecule has 0 aliphatic carbocycles. The molecule has 0 spiro atoms. The Morgan fingerprint density at radius 2 is 1.64 bits per heavy atom. The number of amides is 1. The number of carbonyl (C=O) groups is 1. The topological polar surface area (TPSA) is 35.6 Å². The molecular formula is C10H25N3O. The fourth-order valence-electron chi connectivity index (χ4n) is 0.761. The summed E-state index contributed by atoms with van der Waals surface area (Å²) in [5, 5.41) is 2.83. The van der Waals surface area contributed by atoms with E-state index in [-0.39, 0.29) is 5.91 Å². The van der Waals surface area contributed by atoms with Crippen molar-refractivity contribution >= 4 is 5.91 Å². The van der Waals surface area contributed by atoms with Crippen LogP contribution in [0.15, 0.2) is 0 Å². The van der Waals surface area contributed by atoms with Crippen LogP contribution in [0.25, 0.3) is 0 Å². The number of hydrogen-bond donors (Lipinski definition) is 1. The van der Waals surface area contributed by atoms with Gasteiger partial charge in [0.2, 0.25) is 5.91 Å². The minimum Gasteiger partial charge on any atom is -0.343 e. The molecule has 0 atom stereocenters. The Morgan fingerprint density at radius 1 is 1.14 bits per heavy atom. The van der Waals surface area contributed by atoms with Gasteiger partial charge in [0.25, 0.3) is 0 Å². The summed E-state index contributed by atoms with van der Waals surface area (Å²) in [5.74, 6) is 0.138. The van der Waals surface area contributed by atoms with Crippen molar-refractivity contribution < 1.29 is 4.79 Å². The lowest BCUT2D eigenvalue weighted by atomic mass is 10.4. The van der Waals surface area contributed by atoms with Gasteiger partial charge >= 0.3 is 0 Å². The van der Waals surface area contributed by atoms with E-state index in [1.807, 2.05) is 35.0 Å². The Kier molecular flexibility index (Phi) is 11.9. The second-order valence-corrected chi connectivity index (χ2v) is 3.15. The zero-order chi connectivity index (χ0) is 11.6. The molecule has 0 rings (SSSR count). The lowest BCUT2D eigenvalue weighted by molar-refractivity contribution is -0.128. The van der Waals surface area contributed by atoms with Crippen LogP contribution in [0.2, 0.25) is 0 Å². The first-order valence-corrected chi connectivity index (χ1v) is 5.11. The number of likely N-dealkylation sites (N-methyl/N-ethyl adjacent to an activating group) is 3. The summed E-state index contributed by atoms with van der Waals surface area (Å²) >= 11 is 0. The van der Waals surface area contributed by atoms with E-state index in [4.69, 9.17) is 0 Å². The van der Waals surface area contributed by atoms with Gasteiger partial charge in [0, 0.05) is 20.1 Å². The largest absolute Gasteiger partial charge is 0.343 e. The average Bonchev–Trinajstić information content (AvgIpc) is 2.17. The van der Waals surface area contributed by atoms with Crippen molar-refractivity contribution in [1.29, 1.82) is 0 Å². The second-order valence-electron chi connectivity index (χ2n) is 3.15. The molecule has 0 saturated heterocycles. The van der Waals surface area contributed by atoms with Crippen molar-refractivity contribution in [3.8, 4) is 0 Å². The third-order valence-corrected chi connectivity index (χ3v) is 1.64. The molecule has 0 bridgehead atoms. The Morgan fingerprint density at radius 3 is 2.00 bits per heavy atom. The zero-order valence-corrected chi connectivity index (χ0v) is 10.4. The summed E-state index contributed by atoms with van der Waals surface area (Å²) in [7, 11) is 7.59. The molecule has 86 valence electrons. The van der Waals surface area contributed by atoms with Crippen molar-refractivity contribution in [1.82, 2.24) is 15.1 Å². The molecule has 0 aromatic carbocycles. The highest BCUT2D eigenvalue weighted by molar-refractivity contribution is 5.77. The third kappa shape index (κ3) is 9.48. The molecule has 0 unspecified atom stereocenters. The van der Waals surface area contributed by atoms with Crippen LogP contribution in [0.5, 0.6) is 0 Å². The lowest BCUT2D eigenvalue weighted by Gasteiger charge is -2.19. The molecule has 0 aromatic heterocycles. The van der Waals surface area contributed by atoms with E-state index in [9.17, 15) is 4.79 Å². The Labute approximate surface area is 88.3 Å². The summed E-state index contributed by atoms with van der Waals surface area (Å²) < 4.78 is 0. The summed E-state index contributed by atoms with van der Waals surface area (Å²) in [6.45, 7) is 6.11. The molecule has 0 saturated carbocycles. The quantitative estimate of drug-likeness (QED) is 0.696. The predicted octanol–water partition coefficient (Wildman–Crippen LogP) is 0.252. The van der Waals surface area contributed by atoms with E-state index in [1.54, 1.807) is 11.9 Å². The van der Waals surface area contributed by atoms with Crippen LogP contribution in [-0.4, -0.2) is 63.5 Å². The van der Waals surface area contributed by atoms with Gasteiger partial charge in [-0.05, 0) is 21.1 Å². The van der Waals surface area contributed by atoms with E-state index in [2.05, 4.69) is 10.2 Å². The summed E-state index contributed by atoms with van der Waals surface area (Å²) in [6, 6.07) is 0. The Bertz CT molecular complexity index is 137. The number of hydrogen-bond acceptors (Lipinski definition) is 3. The van der Waals surface area contributed by atoms with E-state index in [1.165, 1.54) is 0 Å². The van der Waals surface area contributed by atoms with Crippen LogP contribution in [0, 0.1) is 0 Å². The van der Waals surface area contributed by atoms with Crippen molar-refractivity contribution in [3.63, 3.8) is 0 Å². The highest BCUT2D eigenvalue weighted by atomic mass is 16.2. The normalized spacial score (nSPS) is 9.36. The molecule has 0 radical (unpaired) electrons. The van der Waals surface area contributed by atoms with Crippen LogP contribution in [0.4, 0.5) is 0 Å². The summed E-state index contributed by atoms with van der Waals surface area (Å²) in [5.41, 5.74) is 0. The van der Waals surface area contributed by atoms with E-state index >= 15 is 0 Å². The van der Waals surface area contributed by atoms with Gasteiger partial charge in [0.1, 0.15) is 0 Å². The van der Waals surface area contributed by atoms with Crippen LogP contribution in [-0.2, 0) is 4.79 Å². The fraction of sp³-hybridized carbons (Fsp3) is 0.900. The molecule has 0 fully saturated rings. The van der Waals surface area contributed by atoms with E-state index in [0.717, 1.165) is 13.1 Å². The molecule has 0 aromatic rings. The van der Waals surface area contributed by atoms with Crippen LogP contribution in [0.1, 0.15) is 13.8 Å². The first kappa shape index (κ1) is 15.8. The van der Waals surface area contributed by atoms with Crippen LogP contribution >= 0.6 is 0 Å². The lowest BCUT2D eigenvalue weighted by Crippen LogP contribution is -2.38. The summed E-state index contributed by atoms with van der Waals surface area (Å²) in [6.07, 6.45) is 0. The smallest absolute Gasteiger partial charge is 0.236 e. The SMILES string of the molecule is CC.CNCC(=O)N(C)CCN(C)C. The van der Waals surface area contributed by atoms with Crippen molar-refractivity contribution in [2.75, 3.05) is 47.8 Å². The minimum atomic E-state index is 0.138. The van der Waals surface area contributed by atoms with Crippen molar-refractivity contribution in [2.45, 2.75) is 13.8 Å². The number of nitrogens with zero attached hydrogens (tertiary/aromatic N) is 2. The number of carbonyl (C=O) groups excluding carboxylic acids is 1. The molecule has 1 amide bonds. The van der Waals surface area contributed by atoms with E-state index in [0.29, 0.717) is 6.54 Å². The maximum atomic E-state index is 11.2. The second kappa shape index (κ2) is 10.5. The van der Waals surface area contributed by atoms with Crippen molar-refractivity contribution in [3.05, 3.63) is 0 Å². The molecule has 0 aliphatic heterocycles. The van der Waals surface area contributed by atoms with Gasteiger partial charge in [-0.25, -0.2) is 0 Å². The maximum absolute atomic E-state index is 11.2. The standard InChI is InChI=1S/C8H19N3O.C2H6/c1-9-7-8(12)11(4)6-5-10(2)3;1-2/h9H,5-7H2,1-4H3;1-2H3. The molecule has 0 aliphatic rings. The molecule has 14 heavy (non-hydrogen) atoms. The zero-order valence-electron chi connectivity index (χ0n) is 10.4. The van der Waals surface area contributed by atoms with Gasteiger partial charge in [-0.3, -0.25) is 4.79 Å². The number of nitrogens with one attached hydrogen (secondary N) is 1. The van der Waals surface area contributed by atoms with Gasteiger partial charge in [-0.15, -0.1) is 0 Å². The predicted molar refractivity (Wildman–Crippen MR) is 61.5 cm³/mol. The monoisotopic (exact) mass is 203 g/mol. The molecule has 0 heterocycles. The highest BCUT2D eigenvalue weighted by Gasteiger charge is 2.06. The Hall–Kier alpha value is -0.610. The minimum absolute atomic E-state index is 0.138. The third-order valence-electron chi connectivity index (χ3n) is 1.64. The molecule has 1 N–H and O–H groups in total. The molecule has 4 nitrogen and oxygen atoms in total. The van der Waals surface area contributed by atoms with E-state index < -0.39 is 0 Å². The molecule has 4 heteroatoms. The van der Waals surface area contributed by atoms with Crippen molar-refractivity contribution in [2.24, 2.45) is 0 Å². The summed E-state index contributed by atoms with van der Waals surface area (Å²) in [4.78, 5) is 15.0.